The van der Waals surface area contributed by atoms with Crippen molar-refractivity contribution >= 4 is 45.7 Å². The van der Waals surface area contributed by atoms with Gasteiger partial charge in [-0.1, -0.05) is 29.0 Å². The van der Waals surface area contributed by atoms with Crippen LogP contribution in [-0.2, 0) is 4.74 Å². The number of halogens is 1. The number of nitrogens with one attached hydrogen (secondary N) is 3. The molecule has 9 heteroatoms. The van der Waals surface area contributed by atoms with Gasteiger partial charge >= 0.3 is 6.03 Å². The summed E-state index contributed by atoms with van der Waals surface area (Å²) in [6, 6.07) is 6.34. The Hall–Kier alpha value is -2.16. The second-order valence-electron chi connectivity index (χ2n) is 5.13. The van der Waals surface area contributed by atoms with Gasteiger partial charge < -0.3 is 15.4 Å². The lowest BCUT2D eigenvalue weighted by Gasteiger charge is -2.05. The van der Waals surface area contributed by atoms with Gasteiger partial charge in [0.1, 0.15) is 4.88 Å². The lowest BCUT2D eigenvalue weighted by Crippen LogP contribution is -2.25. The van der Waals surface area contributed by atoms with Crippen LogP contribution < -0.4 is 16.0 Å². The first kappa shape index (κ1) is 19.2. The number of hydrogen-bond acceptors (Lipinski definition) is 5. The first-order chi connectivity index (χ1) is 12.0. The van der Waals surface area contributed by atoms with Gasteiger partial charge in [0.25, 0.3) is 5.91 Å². The molecule has 3 N–H and O–H groups in total. The highest BCUT2D eigenvalue weighted by Crippen LogP contribution is 2.23. The number of hydrogen-bond donors (Lipinski definition) is 3. The fourth-order valence-corrected chi connectivity index (χ4v) is 3.05. The van der Waals surface area contributed by atoms with Crippen LogP contribution in [0.5, 0.6) is 0 Å². The third-order valence-electron chi connectivity index (χ3n) is 3.12. The van der Waals surface area contributed by atoms with Crippen molar-refractivity contribution in [3.8, 4) is 0 Å². The lowest BCUT2D eigenvalue weighted by atomic mass is 10.3. The van der Waals surface area contributed by atoms with E-state index in [9.17, 15) is 9.59 Å². The molecule has 2 rings (SSSR count). The van der Waals surface area contributed by atoms with E-state index in [1.165, 1.54) is 0 Å². The first-order valence-corrected chi connectivity index (χ1v) is 8.77. The number of amides is 3. The monoisotopic (exact) mass is 382 g/mol. The van der Waals surface area contributed by atoms with Gasteiger partial charge in [-0.25, -0.2) is 9.78 Å². The van der Waals surface area contributed by atoms with Crippen LogP contribution in [0.2, 0.25) is 5.02 Å². The SMILES string of the molecule is COCCCNC(=O)c1sc(NC(=O)Nc2cccc(Cl)c2)nc1C. The molecule has 1 heterocycles. The number of ether oxygens (including phenoxy) is 1. The summed E-state index contributed by atoms with van der Waals surface area (Å²) in [5.74, 6) is -0.214. The molecule has 0 spiro atoms. The predicted molar refractivity (Wildman–Crippen MR) is 99.8 cm³/mol. The van der Waals surface area contributed by atoms with Crippen molar-refractivity contribution in [3.63, 3.8) is 0 Å². The number of aromatic nitrogens is 1. The maximum Gasteiger partial charge on any atom is 0.325 e. The Morgan fingerprint density at radius 3 is 2.84 bits per heavy atom. The number of aryl methyl sites for hydroxylation is 1. The maximum absolute atomic E-state index is 12.1. The summed E-state index contributed by atoms with van der Waals surface area (Å²) in [6.07, 6.45) is 0.729. The summed E-state index contributed by atoms with van der Waals surface area (Å²) in [4.78, 5) is 28.8. The minimum Gasteiger partial charge on any atom is -0.385 e. The third kappa shape index (κ3) is 6.00. The van der Waals surface area contributed by atoms with Gasteiger partial charge in [-0.2, -0.15) is 0 Å². The molecule has 3 amide bonds. The highest BCUT2D eigenvalue weighted by molar-refractivity contribution is 7.17. The third-order valence-corrected chi connectivity index (χ3v) is 4.42. The molecule has 0 aliphatic rings. The van der Waals surface area contributed by atoms with E-state index < -0.39 is 6.03 Å². The number of carbonyl (C=O) groups excluding carboxylic acids is 2. The fraction of sp³-hybridized carbons (Fsp3) is 0.312. The van der Waals surface area contributed by atoms with E-state index in [0.717, 1.165) is 17.8 Å². The molecule has 0 unspecified atom stereocenters. The van der Waals surface area contributed by atoms with Crippen LogP contribution in [0.3, 0.4) is 0 Å². The molecule has 0 bridgehead atoms. The zero-order chi connectivity index (χ0) is 18.2. The number of nitrogens with zero attached hydrogens (tertiary/aromatic N) is 1. The average Bonchev–Trinajstić information content (AvgIpc) is 2.91. The molecule has 1 aromatic carbocycles. The molecule has 0 saturated carbocycles. The minimum absolute atomic E-state index is 0.214. The summed E-state index contributed by atoms with van der Waals surface area (Å²) in [6.45, 7) is 2.82. The zero-order valence-electron chi connectivity index (χ0n) is 13.9. The van der Waals surface area contributed by atoms with Crippen LogP contribution in [-0.4, -0.2) is 37.2 Å². The Balaban J connectivity index is 1.92. The van der Waals surface area contributed by atoms with Crippen LogP contribution in [0.1, 0.15) is 21.8 Å². The summed E-state index contributed by atoms with van der Waals surface area (Å²) in [5.41, 5.74) is 1.13. The van der Waals surface area contributed by atoms with E-state index in [1.807, 2.05) is 0 Å². The van der Waals surface area contributed by atoms with E-state index in [0.29, 0.717) is 39.6 Å². The molecular formula is C16H19ClN4O3S. The Kier molecular flexibility index (Phi) is 7.17. The number of methoxy groups -OCH3 is 1. The predicted octanol–water partition coefficient (Wildman–Crippen LogP) is 3.52. The Morgan fingerprint density at radius 1 is 1.32 bits per heavy atom. The van der Waals surface area contributed by atoms with E-state index in [-0.39, 0.29) is 5.91 Å². The Morgan fingerprint density at radius 2 is 2.12 bits per heavy atom. The minimum atomic E-state index is -0.455. The second-order valence-corrected chi connectivity index (χ2v) is 6.56. The van der Waals surface area contributed by atoms with E-state index in [2.05, 4.69) is 20.9 Å². The van der Waals surface area contributed by atoms with Crippen LogP contribution >= 0.6 is 22.9 Å². The summed E-state index contributed by atoms with van der Waals surface area (Å²) >= 11 is 7.00. The van der Waals surface area contributed by atoms with Crippen molar-refractivity contribution in [3.05, 3.63) is 39.9 Å². The highest BCUT2D eigenvalue weighted by Gasteiger charge is 2.16. The normalized spacial score (nSPS) is 10.4. The number of rotatable bonds is 7. The molecule has 0 aliphatic heterocycles. The molecule has 1 aromatic heterocycles. The number of anilines is 2. The second kappa shape index (κ2) is 9.36. The van der Waals surface area contributed by atoms with E-state index >= 15 is 0 Å². The van der Waals surface area contributed by atoms with E-state index in [4.69, 9.17) is 16.3 Å². The molecule has 0 atom stereocenters. The van der Waals surface area contributed by atoms with Crippen molar-refractivity contribution < 1.29 is 14.3 Å². The average molecular weight is 383 g/mol. The number of thiazole rings is 1. The van der Waals surface area contributed by atoms with Crippen molar-refractivity contribution in [2.45, 2.75) is 13.3 Å². The highest BCUT2D eigenvalue weighted by atomic mass is 35.5. The van der Waals surface area contributed by atoms with Crippen LogP contribution in [0.25, 0.3) is 0 Å². The quantitative estimate of drug-likeness (QED) is 0.639. The molecule has 0 radical (unpaired) electrons. The smallest absolute Gasteiger partial charge is 0.325 e. The fourth-order valence-electron chi connectivity index (χ4n) is 1.98. The zero-order valence-corrected chi connectivity index (χ0v) is 15.5. The van der Waals surface area contributed by atoms with E-state index in [1.54, 1.807) is 38.3 Å². The van der Waals surface area contributed by atoms with Crippen molar-refractivity contribution in [1.82, 2.24) is 10.3 Å². The molecular weight excluding hydrogens is 364 g/mol. The molecule has 25 heavy (non-hydrogen) atoms. The number of benzene rings is 1. The topological polar surface area (TPSA) is 92.4 Å². The lowest BCUT2D eigenvalue weighted by molar-refractivity contribution is 0.0952. The molecule has 134 valence electrons. The van der Waals surface area contributed by atoms with Gasteiger partial charge in [0, 0.05) is 31.0 Å². The molecule has 2 aromatic rings. The molecule has 7 nitrogen and oxygen atoms in total. The Labute approximate surface area is 154 Å². The largest absolute Gasteiger partial charge is 0.385 e. The molecule has 0 saturated heterocycles. The van der Waals surface area contributed by atoms with Crippen molar-refractivity contribution in [1.29, 1.82) is 0 Å². The molecule has 0 fully saturated rings. The van der Waals surface area contributed by atoms with Crippen LogP contribution in [0, 0.1) is 6.92 Å². The Bertz CT molecular complexity index is 751. The standard InChI is InChI=1S/C16H19ClN4O3S/c1-10-13(14(22)18-7-4-8-24-2)25-16(19-10)21-15(23)20-12-6-3-5-11(17)9-12/h3,5-6,9H,4,7-8H2,1-2H3,(H,18,22)(H2,19,20,21,23). The number of urea groups is 1. The van der Waals surface area contributed by atoms with Gasteiger partial charge in [0.15, 0.2) is 5.13 Å². The number of carbonyl (C=O) groups is 2. The van der Waals surface area contributed by atoms with Gasteiger partial charge in [0.05, 0.1) is 5.69 Å². The molecule has 0 aliphatic carbocycles. The summed E-state index contributed by atoms with van der Waals surface area (Å²) in [5, 5.41) is 8.94. The van der Waals surface area contributed by atoms with Gasteiger partial charge in [-0.15, -0.1) is 0 Å². The van der Waals surface area contributed by atoms with Crippen LogP contribution in [0.4, 0.5) is 15.6 Å². The van der Waals surface area contributed by atoms with Crippen molar-refractivity contribution in [2.75, 3.05) is 30.9 Å². The van der Waals surface area contributed by atoms with Gasteiger partial charge in [-0.05, 0) is 31.5 Å². The summed E-state index contributed by atoms with van der Waals surface area (Å²) < 4.78 is 4.93. The summed E-state index contributed by atoms with van der Waals surface area (Å²) in [7, 11) is 1.61. The maximum atomic E-state index is 12.1. The van der Waals surface area contributed by atoms with Gasteiger partial charge in [0.2, 0.25) is 0 Å². The van der Waals surface area contributed by atoms with Gasteiger partial charge in [-0.3, -0.25) is 10.1 Å². The van der Waals surface area contributed by atoms with Crippen molar-refractivity contribution in [2.24, 2.45) is 0 Å². The van der Waals surface area contributed by atoms with Crippen LogP contribution in [0.15, 0.2) is 24.3 Å². The first-order valence-electron chi connectivity index (χ1n) is 7.57.